The van der Waals surface area contributed by atoms with Crippen molar-refractivity contribution in [2.45, 2.75) is 6.92 Å². The first-order valence-electron chi connectivity index (χ1n) is 7.59. The maximum Gasteiger partial charge on any atom is 0.363 e. The van der Waals surface area contributed by atoms with Gasteiger partial charge in [0.15, 0.2) is 17.2 Å². The molecule has 0 atom stereocenters. The van der Waals surface area contributed by atoms with Gasteiger partial charge in [-0.05, 0) is 36.1 Å². The molecular formula is C19H17NO4S. The number of aliphatic imine (C=N–C) groups is 1. The molecule has 0 unspecified atom stereocenters. The number of carbonyl (C=O) groups is 1. The van der Waals surface area contributed by atoms with E-state index in [0.29, 0.717) is 29.6 Å². The number of carbonyl (C=O) groups excluding carboxylic acids is 1. The largest absolute Gasteiger partial charge is 0.493 e. The molecule has 5 nitrogen and oxygen atoms in total. The summed E-state index contributed by atoms with van der Waals surface area (Å²) in [4.78, 5) is 17.2. The highest BCUT2D eigenvalue weighted by atomic mass is 32.1. The van der Waals surface area contributed by atoms with Crippen LogP contribution in [0, 0.1) is 0 Å². The summed E-state index contributed by atoms with van der Waals surface area (Å²) >= 11 is 1.46. The maximum absolute atomic E-state index is 12.1. The van der Waals surface area contributed by atoms with Crippen molar-refractivity contribution in [2.24, 2.45) is 4.99 Å². The number of esters is 1. The summed E-state index contributed by atoms with van der Waals surface area (Å²) in [5, 5.41) is 1.90. The number of rotatable bonds is 6. The summed E-state index contributed by atoms with van der Waals surface area (Å²) in [7, 11) is 1.57. The van der Waals surface area contributed by atoms with Gasteiger partial charge in [-0.3, -0.25) is 0 Å². The molecule has 1 aromatic heterocycles. The molecule has 6 heteroatoms. The minimum Gasteiger partial charge on any atom is -0.493 e. The Balaban J connectivity index is 1.97. The second kappa shape index (κ2) is 7.36. The molecule has 1 aliphatic heterocycles. The first kappa shape index (κ1) is 17.0. The van der Waals surface area contributed by atoms with Crippen LogP contribution in [0.1, 0.15) is 17.4 Å². The van der Waals surface area contributed by atoms with Gasteiger partial charge in [0.25, 0.3) is 0 Å². The number of thiophene rings is 1. The van der Waals surface area contributed by atoms with Gasteiger partial charge in [-0.25, -0.2) is 9.79 Å². The van der Waals surface area contributed by atoms with Crippen LogP contribution >= 0.6 is 11.3 Å². The summed E-state index contributed by atoms with van der Waals surface area (Å²) in [5.41, 5.74) is 1.78. The normalized spacial score (nSPS) is 15.0. The van der Waals surface area contributed by atoms with Gasteiger partial charge in [0.05, 0.1) is 12.0 Å². The molecule has 0 amide bonds. The summed E-state index contributed by atoms with van der Waals surface area (Å²) in [6.45, 7) is 6.06. The molecule has 2 aromatic rings. The van der Waals surface area contributed by atoms with E-state index in [1.165, 1.54) is 11.3 Å². The molecule has 0 N–H and O–H groups in total. The first-order valence-corrected chi connectivity index (χ1v) is 8.47. The van der Waals surface area contributed by atoms with Crippen molar-refractivity contribution >= 4 is 29.3 Å². The van der Waals surface area contributed by atoms with Gasteiger partial charge in [-0.15, -0.1) is 11.3 Å². The van der Waals surface area contributed by atoms with Crippen molar-refractivity contribution in [3.8, 4) is 11.5 Å². The van der Waals surface area contributed by atoms with E-state index < -0.39 is 5.97 Å². The molecule has 0 fully saturated rings. The Bertz CT molecular complexity index is 866. The van der Waals surface area contributed by atoms with Crippen molar-refractivity contribution in [2.75, 3.05) is 13.7 Å². The minimum absolute atomic E-state index is 0.219. The minimum atomic E-state index is -0.489. The van der Waals surface area contributed by atoms with Gasteiger partial charge in [0.1, 0.15) is 6.61 Å². The number of methoxy groups -OCH3 is 1. The lowest BCUT2D eigenvalue weighted by atomic mass is 10.1. The molecule has 0 radical (unpaired) electrons. The fourth-order valence-electron chi connectivity index (χ4n) is 2.22. The molecule has 0 saturated heterocycles. The van der Waals surface area contributed by atoms with E-state index in [9.17, 15) is 4.79 Å². The average Bonchev–Trinajstić information content (AvgIpc) is 3.23. The van der Waals surface area contributed by atoms with E-state index in [0.717, 1.165) is 10.5 Å². The van der Waals surface area contributed by atoms with Crippen LogP contribution in [0.2, 0.25) is 0 Å². The predicted molar refractivity (Wildman–Crippen MR) is 98.2 cm³/mol. The smallest absolute Gasteiger partial charge is 0.363 e. The highest BCUT2D eigenvalue weighted by molar-refractivity contribution is 7.12. The van der Waals surface area contributed by atoms with Gasteiger partial charge in [-0.2, -0.15) is 0 Å². The summed E-state index contributed by atoms with van der Waals surface area (Å²) in [6.07, 6.45) is 1.64. The molecular weight excluding hydrogens is 338 g/mol. The van der Waals surface area contributed by atoms with Crippen molar-refractivity contribution in [3.05, 3.63) is 64.0 Å². The maximum atomic E-state index is 12.1. The van der Waals surface area contributed by atoms with E-state index in [-0.39, 0.29) is 5.70 Å². The second-order valence-corrected chi connectivity index (χ2v) is 6.39. The Morgan fingerprint density at radius 1 is 1.36 bits per heavy atom. The zero-order valence-electron chi connectivity index (χ0n) is 13.9. The second-order valence-electron chi connectivity index (χ2n) is 5.44. The van der Waals surface area contributed by atoms with Crippen molar-refractivity contribution in [1.29, 1.82) is 0 Å². The summed E-state index contributed by atoms with van der Waals surface area (Å²) in [5.74, 6) is 0.938. The number of hydrogen-bond acceptors (Lipinski definition) is 6. The number of para-hydroxylation sites is 1. The summed E-state index contributed by atoms with van der Waals surface area (Å²) in [6, 6.07) is 9.18. The van der Waals surface area contributed by atoms with Crippen molar-refractivity contribution in [1.82, 2.24) is 0 Å². The van der Waals surface area contributed by atoms with Crippen LogP contribution in [0.3, 0.4) is 0 Å². The van der Waals surface area contributed by atoms with Crippen LogP contribution in [0.25, 0.3) is 6.08 Å². The van der Waals surface area contributed by atoms with Crippen LogP contribution in [0.4, 0.5) is 0 Å². The van der Waals surface area contributed by atoms with Gasteiger partial charge in [-0.1, -0.05) is 24.8 Å². The van der Waals surface area contributed by atoms with E-state index >= 15 is 0 Å². The van der Waals surface area contributed by atoms with Crippen LogP contribution in [0.15, 0.2) is 58.6 Å². The molecule has 0 aliphatic carbocycles. The number of hydrogen-bond donors (Lipinski definition) is 0. The highest BCUT2D eigenvalue weighted by Gasteiger charge is 2.25. The lowest BCUT2D eigenvalue weighted by Gasteiger charge is -2.13. The molecule has 128 valence electrons. The quantitative estimate of drug-likeness (QED) is 0.445. The average molecular weight is 355 g/mol. The molecule has 0 saturated carbocycles. The SMILES string of the molecule is C=C(C)COc1c(/C=C2/N=C(c3cccs3)OC2=O)cccc1OC. The van der Waals surface area contributed by atoms with E-state index in [1.54, 1.807) is 19.3 Å². The Morgan fingerprint density at radius 2 is 2.20 bits per heavy atom. The van der Waals surface area contributed by atoms with Crippen LogP contribution in [-0.4, -0.2) is 25.6 Å². The summed E-state index contributed by atoms with van der Waals surface area (Å²) < 4.78 is 16.4. The zero-order chi connectivity index (χ0) is 17.8. The molecule has 0 bridgehead atoms. The van der Waals surface area contributed by atoms with Gasteiger partial charge in [0, 0.05) is 5.56 Å². The lowest BCUT2D eigenvalue weighted by molar-refractivity contribution is -0.129. The number of benzene rings is 1. The molecule has 1 aromatic carbocycles. The third-order valence-corrected chi connectivity index (χ3v) is 4.19. The van der Waals surface area contributed by atoms with Gasteiger partial charge in [0.2, 0.25) is 5.90 Å². The Morgan fingerprint density at radius 3 is 2.88 bits per heavy atom. The lowest BCUT2D eigenvalue weighted by Crippen LogP contribution is -2.04. The van der Waals surface area contributed by atoms with Crippen molar-refractivity contribution in [3.63, 3.8) is 0 Å². The third kappa shape index (κ3) is 3.80. The van der Waals surface area contributed by atoms with E-state index in [1.807, 2.05) is 36.6 Å². The van der Waals surface area contributed by atoms with Crippen molar-refractivity contribution < 1.29 is 19.0 Å². The standard InChI is InChI=1S/C19H17NO4S/c1-12(2)11-23-17-13(6-4-7-15(17)22-3)10-14-19(21)24-18(20-14)16-8-5-9-25-16/h4-10H,1,11H2,2-3H3/b14-10+. The monoisotopic (exact) mass is 355 g/mol. The molecule has 2 heterocycles. The van der Waals surface area contributed by atoms with Crippen LogP contribution < -0.4 is 9.47 Å². The fraction of sp³-hybridized carbons (Fsp3) is 0.158. The highest BCUT2D eigenvalue weighted by Crippen LogP contribution is 2.34. The van der Waals surface area contributed by atoms with Gasteiger partial charge >= 0.3 is 5.97 Å². The fourth-order valence-corrected chi connectivity index (χ4v) is 2.87. The molecule has 1 aliphatic rings. The van der Waals surface area contributed by atoms with Gasteiger partial charge < -0.3 is 14.2 Å². The van der Waals surface area contributed by atoms with E-state index in [4.69, 9.17) is 14.2 Å². The first-order chi connectivity index (χ1) is 12.1. The molecule has 0 spiro atoms. The van der Waals surface area contributed by atoms with Crippen LogP contribution in [-0.2, 0) is 9.53 Å². The zero-order valence-corrected chi connectivity index (χ0v) is 14.8. The van der Waals surface area contributed by atoms with E-state index in [2.05, 4.69) is 11.6 Å². The number of cyclic esters (lactones) is 1. The number of nitrogens with zero attached hydrogens (tertiary/aromatic N) is 1. The Kier molecular flexibility index (Phi) is 5.00. The topological polar surface area (TPSA) is 57.1 Å². The molecule has 3 rings (SSSR count). The Hall–Kier alpha value is -2.86. The van der Waals surface area contributed by atoms with Crippen LogP contribution in [0.5, 0.6) is 11.5 Å². The third-order valence-electron chi connectivity index (χ3n) is 3.34. The Labute approximate surface area is 149 Å². The predicted octanol–water partition coefficient (Wildman–Crippen LogP) is 4.06. The molecule has 25 heavy (non-hydrogen) atoms. The number of ether oxygens (including phenoxy) is 3.